The lowest BCUT2D eigenvalue weighted by molar-refractivity contribution is 0.116. The monoisotopic (exact) mass is 318 g/mol. The highest BCUT2D eigenvalue weighted by molar-refractivity contribution is 5.74. The maximum absolute atomic E-state index is 12.4. The Kier molecular flexibility index (Phi) is 6.46. The molecule has 0 radical (unpaired) electrons. The molecule has 0 spiro atoms. The van der Waals surface area contributed by atoms with Gasteiger partial charge in [-0.25, -0.2) is 4.79 Å². The van der Waals surface area contributed by atoms with Gasteiger partial charge < -0.3 is 15.3 Å². The minimum Gasteiger partial charge on any atom is -0.392 e. The molecule has 0 bridgehead atoms. The second-order valence-electron chi connectivity index (χ2n) is 7.00. The van der Waals surface area contributed by atoms with E-state index in [4.69, 9.17) is 0 Å². The first-order valence-corrected chi connectivity index (χ1v) is 8.77. The van der Waals surface area contributed by atoms with Crippen molar-refractivity contribution in [2.24, 2.45) is 0 Å². The summed E-state index contributed by atoms with van der Waals surface area (Å²) in [6.45, 7) is 6.05. The SMILES string of the molecule is CC(O)CN(C(=O)NC1CCC(c2ccccc2)CC1)C(C)C. The number of aliphatic hydroxyl groups is 1. The summed E-state index contributed by atoms with van der Waals surface area (Å²) < 4.78 is 0. The molecule has 0 aliphatic heterocycles. The van der Waals surface area contributed by atoms with Gasteiger partial charge in [0.1, 0.15) is 0 Å². The summed E-state index contributed by atoms with van der Waals surface area (Å²) in [7, 11) is 0. The van der Waals surface area contributed by atoms with Crippen molar-refractivity contribution in [2.45, 2.75) is 70.6 Å². The van der Waals surface area contributed by atoms with E-state index < -0.39 is 6.10 Å². The first-order valence-electron chi connectivity index (χ1n) is 8.77. The van der Waals surface area contributed by atoms with Gasteiger partial charge in [0.05, 0.1) is 6.10 Å². The third-order valence-corrected chi connectivity index (χ3v) is 4.67. The summed E-state index contributed by atoms with van der Waals surface area (Å²) >= 11 is 0. The largest absolute Gasteiger partial charge is 0.392 e. The summed E-state index contributed by atoms with van der Waals surface area (Å²) in [5.74, 6) is 0.614. The van der Waals surface area contributed by atoms with E-state index in [1.807, 2.05) is 13.8 Å². The van der Waals surface area contributed by atoms with Crippen LogP contribution in [0.15, 0.2) is 30.3 Å². The van der Waals surface area contributed by atoms with E-state index in [1.165, 1.54) is 5.56 Å². The number of urea groups is 1. The number of amides is 2. The predicted octanol–water partition coefficient (Wildman–Crippen LogP) is 3.51. The molecule has 2 amide bonds. The van der Waals surface area contributed by atoms with E-state index in [0.29, 0.717) is 12.5 Å². The summed E-state index contributed by atoms with van der Waals surface area (Å²) in [6.07, 6.45) is 3.77. The normalized spacial score (nSPS) is 22.7. The zero-order chi connectivity index (χ0) is 16.8. The van der Waals surface area contributed by atoms with Crippen LogP contribution in [0.1, 0.15) is 57.9 Å². The summed E-state index contributed by atoms with van der Waals surface area (Å²) in [5, 5.41) is 12.7. The number of benzene rings is 1. The fourth-order valence-corrected chi connectivity index (χ4v) is 3.37. The zero-order valence-electron chi connectivity index (χ0n) is 14.5. The Morgan fingerprint density at radius 3 is 2.30 bits per heavy atom. The summed E-state index contributed by atoms with van der Waals surface area (Å²) in [6, 6.07) is 10.9. The third kappa shape index (κ3) is 5.24. The Bertz CT molecular complexity index is 479. The van der Waals surface area contributed by atoms with Crippen molar-refractivity contribution in [3.05, 3.63) is 35.9 Å². The van der Waals surface area contributed by atoms with Gasteiger partial charge in [-0.05, 0) is 57.9 Å². The second-order valence-corrected chi connectivity index (χ2v) is 7.00. The van der Waals surface area contributed by atoms with Crippen LogP contribution < -0.4 is 5.32 Å². The van der Waals surface area contributed by atoms with Crippen LogP contribution in [-0.2, 0) is 0 Å². The van der Waals surface area contributed by atoms with Crippen LogP contribution in [0.2, 0.25) is 0 Å². The van der Waals surface area contributed by atoms with Gasteiger partial charge in [0.25, 0.3) is 0 Å². The second kappa shape index (κ2) is 8.34. The number of nitrogens with one attached hydrogen (secondary N) is 1. The molecule has 1 aliphatic carbocycles. The van der Waals surface area contributed by atoms with Gasteiger partial charge in [-0.15, -0.1) is 0 Å². The number of hydrogen-bond acceptors (Lipinski definition) is 2. The number of carbonyl (C=O) groups is 1. The van der Waals surface area contributed by atoms with Crippen molar-refractivity contribution >= 4 is 6.03 Å². The molecule has 2 rings (SSSR count). The molecule has 4 heteroatoms. The van der Waals surface area contributed by atoms with Crippen LogP contribution in [0, 0.1) is 0 Å². The highest BCUT2D eigenvalue weighted by Gasteiger charge is 2.26. The van der Waals surface area contributed by atoms with Crippen LogP contribution in [0.25, 0.3) is 0 Å². The lowest BCUT2D eigenvalue weighted by atomic mass is 9.82. The van der Waals surface area contributed by atoms with Crippen molar-refractivity contribution in [1.29, 1.82) is 0 Å². The maximum atomic E-state index is 12.4. The van der Waals surface area contributed by atoms with Crippen LogP contribution in [-0.4, -0.2) is 40.8 Å². The number of nitrogens with zero attached hydrogens (tertiary/aromatic N) is 1. The molecular formula is C19H30N2O2. The first-order chi connectivity index (χ1) is 11.0. The number of rotatable bonds is 5. The lowest BCUT2D eigenvalue weighted by Gasteiger charge is -2.33. The van der Waals surface area contributed by atoms with E-state index in [2.05, 4.69) is 35.6 Å². The molecule has 1 saturated carbocycles. The lowest BCUT2D eigenvalue weighted by Crippen LogP contribution is -2.50. The molecule has 1 atom stereocenters. The van der Waals surface area contributed by atoms with Crippen molar-refractivity contribution in [3.63, 3.8) is 0 Å². The molecule has 1 aromatic rings. The molecule has 2 N–H and O–H groups in total. The summed E-state index contributed by atoms with van der Waals surface area (Å²) in [4.78, 5) is 14.2. The van der Waals surface area contributed by atoms with Crippen LogP contribution >= 0.6 is 0 Å². The van der Waals surface area contributed by atoms with Crippen molar-refractivity contribution in [3.8, 4) is 0 Å². The quantitative estimate of drug-likeness (QED) is 0.873. The van der Waals surface area contributed by atoms with Crippen LogP contribution in [0.4, 0.5) is 4.79 Å². The highest BCUT2D eigenvalue weighted by atomic mass is 16.3. The predicted molar refractivity (Wildman–Crippen MR) is 93.5 cm³/mol. The van der Waals surface area contributed by atoms with E-state index in [1.54, 1.807) is 11.8 Å². The molecule has 0 aromatic heterocycles. The average molecular weight is 318 g/mol. The Morgan fingerprint density at radius 1 is 1.17 bits per heavy atom. The Hall–Kier alpha value is -1.55. The summed E-state index contributed by atoms with van der Waals surface area (Å²) in [5.41, 5.74) is 1.41. The van der Waals surface area contributed by atoms with Crippen molar-refractivity contribution < 1.29 is 9.90 Å². The third-order valence-electron chi connectivity index (χ3n) is 4.67. The topological polar surface area (TPSA) is 52.6 Å². The van der Waals surface area contributed by atoms with E-state index in [9.17, 15) is 9.90 Å². The molecule has 1 fully saturated rings. The van der Waals surface area contributed by atoms with Gasteiger partial charge in [-0.1, -0.05) is 30.3 Å². The fraction of sp³-hybridized carbons (Fsp3) is 0.632. The number of carbonyl (C=O) groups excluding carboxylic acids is 1. The van der Waals surface area contributed by atoms with Crippen LogP contribution in [0.3, 0.4) is 0 Å². The fourth-order valence-electron chi connectivity index (χ4n) is 3.37. The van der Waals surface area contributed by atoms with Gasteiger partial charge in [0, 0.05) is 18.6 Å². The maximum Gasteiger partial charge on any atom is 0.317 e. The minimum absolute atomic E-state index is 0.0518. The van der Waals surface area contributed by atoms with Crippen LogP contribution in [0.5, 0.6) is 0 Å². The Morgan fingerprint density at radius 2 is 1.78 bits per heavy atom. The Labute approximate surface area is 139 Å². The van der Waals surface area contributed by atoms with Crippen molar-refractivity contribution in [1.82, 2.24) is 10.2 Å². The van der Waals surface area contributed by atoms with Gasteiger partial charge in [-0.3, -0.25) is 0 Å². The van der Waals surface area contributed by atoms with Crippen molar-refractivity contribution in [2.75, 3.05) is 6.54 Å². The van der Waals surface area contributed by atoms with Gasteiger partial charge in [-0.2, -0.15) is 0 Å². The van der Waals surface area contributed by atoms with Gasteiger partial charge >= 0.3 is 6.03 Å². The van der Waals surface area contributed by atoms with Gasteiger partial charge in [0.15, 0.2) is 0 Å². The van der Waals surface area contributed by atoms with E-state index >= 15 is 0 Å². The number of hydrogen-bond donors (Lipinski definition) is 2. The first kappa shape index (κ1) is 17.8. The molecule has 1 aromatic carbocycles. The molecule has 23 heavy (non-hydrogen) atoms. The molecule has 1 unspecified atom stereocenters. The number of aliphatic hydroxyl groups excluding tert-OH is 1. The smallest absolute Gasteiger partial charge is 0.317 e. The molecule has 0 saturated heterocycles. The standard InChI is InChI=1S/C19H30N2O2/c1-14(2)21(13-15(3)22)19(23)20-18-11-9-17(10-12-18)16-7-5-4-6-8-16/h4-8,14-15,17-18,22H,9-13H2,1-3H3,(H,20,23). The average Bonchev–Trinajstić information content (AvgIpc) is 2.53. The minimum atomic E-state index is -0.503. The molecule has 0 heterocycles. The Balaban J connectivity index is 1.84. The molecule has 128 valence electrons. The van der Waals surface area contributed by atoms with E-state index in [-0.39, 0.29) is 18.1 Å². The molecule has 4 nitrogen and oxygen atoms in total. The van der Waals surface area contributed by atoms with Gasteiger partial charge in [0.2, 0.25) is 0 Å². The molecular weight excluding hydrogens is 288 g/mol. The van der Waals surface area contributed by atoms with E-state index in [0.717, 1.165) is 25.7 Å². The highest BCUT2D eigenvalue weighted by Crippen LogP contribution is 2.32. The zero-order valence-corrected chi connectivity index (χ0v) is 14.5. The molecule has 1 aliphatic rings.